The van der Waals surface area contributed by atoms with E-state index in [4.69, 9.17) is 4.42 Å². The summed E-state index contributed by atoms with van der Waals surface area (Å²) in [6.45, 7) is 0.605. The van der Waals surface area contributed by atoms with Crippen LogP contribution in [0, 0.1) is 0 Å². The van der Waals surface area contributed by atoms with E-state index in [1.807, 2.05) is 42.5 Å². The second kappa shape index (κ2) is 6.87. The zero-order valence-corrected chi connectivity index (χ0v) is 12.8. The molecule has 23 heavy (non-hydrogen) atoms. The lowest BCUT2D eigenvalue weighted by atomic mass is 10.2. The van der Waals surface area contributed by atoms with Crippen LogP contribution >= 0.6 is 0 Å². The van der Waals surface area contributed by atoms with E-state index in [9.17, 15) is 4.79 Å². The van der Waals surface area contributed by atoms with Crippen LogP contribution in [0.25, 0.3) is 17.2 Å². The Hall–Kier alpha value is -2.95. The van der Waals surface area contributed by atoms with E-state index >= 15 is 0 Å². The van der Waals surface area contributed by atoms with Gasteiger partial charge < -0.3 is 9.32 Å². The Kier molecular flexibility index (Phi) is 4.47. The van der Waals surface area contributed by atoms with Gasteiger partial charge in [-0.1, -0.05) is 18.2 Å². The third kappa shape index (κ3) is 3.83. The predicted molar refractivity (Wildman–Crippen MR) is 88.6 cm³/mol. The Bertz CT molecular complexity index is 791. The van der Waals surface area contributed by atoms with Crippen molar-refractivity contribution in [2.75, 3.05) is 13.6 Å². The van der Waals surface area contributed by atoms with Crippen LogP contribution in [-0.4, -0.2) is 34.4 Å². The molecule has 0 bridgehead atoms. The molecule has 0 radical (unpaired) electrons. The number of nitrogens with zero attached hydrogens (tertiary/aromatic N) is 3. The van der Waals surface area contributed by atoms with Gasteiger partial charge in [0.05, 0.1) is 0 Å². The molecule has 5 heteroatoms. The molecule has 0 spiro atoms. The largest absolute Gasteiger partial charge is 0.437 e. The highest BCUT2D eigenvalue weighted by molar-refractivity contribution is 5.91. The van der Waals surface area contributed by atoms with Crippen molar-refractivity contribution in [2.45, 2.75) is 6.42 Å². The molecule has 2 heterocycles. The number of aromatic nitrogens is 2. The first-order chi connectivity index (χ1) is 11.2. The number of amides is 1. The molecule has 2 aromatic heterocycles. The lowest BCUT2D eigenvalue weighted by Gasteiger charge is -2.14. The molecular weight excluding hydrogens is 290 g/mol. The molecule has 116 valence electrons. The summed E-state index contributed by atoms with van der Waals surface area (Å²) in [4.78, 5) is 22.3. The number of pyridine rings is 1. The van der Waals surface area contributed by atoms with E-state index in [2.05, 4.69) is 9.97 Å². The SMILES string of the molecule is CN(CCc1ccccn1)C(=O)/C=C/c1nc2ccccc2o1. The lowest BCUT2D eigenvalue weighted by Crippen LogP contribution is -2.27. The number of oxazole rings is 1. The van der Waals surface area contributed by atoms with Gasteiger partial charge in [0, 0.05) is 44.1 Å². The summed E-state index contributed by atoms with van der Waals surface area (Å²) in [7, 11) is 1.77. The molecule has 0 saturated carbocycles. The number of hydrogen-bond donors (Lipinski definition) is 0. The van der Waals surface area contributed by atoms with Gasteiger partial charge in [0.15, 0.2) is 5.58 Å². The van der Waals surface area contributed by atoms with Crippen molar-refractivity contribution in [2.24, 2.45) is 0 Å². The van der Waals surface area contributed by atoms with Gasteiger partial charge in [0.2, 0.25) is 11.8 Å². The van der Waals surface area contributed by atoms with Crippen molar-refractivity contribution in [1.29, 1.82) is 0 Å². The molecule has 0 N–H and O–H groups in total. The Labute approximate surface area is 134 Å². The number of benzene rings is 1. The smallest absolute Gasteiger partial charge is 0.246 e. The second-order valence-electron chi connectivity index (χ2n) is 5.18. The van der Waals surface area contributed by atoms with E-state index in [-0.39, 0.29) is 5.91 Å². The minimum atomic E-state index is -0.0943. The molecule has 0 aliphatic carbocycles. The summed E-state index contributed by atoms with van der Waals surface area (Å²) in [5, 5.41) is 0. The zero-order chi connectivity index (χ0) is 16.1. The maximum absolute atomic E-state index is 12.1. The number of fused-ring (bicyclic) bond motifs is 1. The minimum Gasteiger partial charge on any atom is -0.437 e. The fraction of sp³-hybridized carbons (Fsp3) is 0.167. The minimum absolute atomic E-state index is 0.0943. The molecule has 0 aliphatic heterocycles. The van der Waals surface area contributed by atoms with E-state index in [0.717, 1.165) is 17.6 Å². The number of carbonyl (C=O) groups is 1. The fourth-order valence-electron chi connectivity index (χ4n) is 2.17. The van der Waals surface area contributed by atoms with Crippen LogP contribution in [0.15, 0.2) is 59.2 Å². The highest BCUT2D eigenvalue weighted by Crippen LogP contribution is 2.15. The van der Waals surface area contributed by atoms with Gasteiger partial charge in [-0.25, -0.2) is 4.98 Å². The Morgan fingerprint density at radius 2 is 2.04 bits per heavy atom. The monoisotopic (exact) mass is 307 g/mol. The first-order valence-electron chi connectivity index (χ1n) is 7.41. The van der Waals surface area contributed by atoms with E-state index in [1.165, 1.54) is 6.08 Å². The van der Waals surface area contributed by atoms with Crippen molar-refractivity contribution < 1.29 is 9.21 Å². The van der Waals surface area contributed by atoms with Crippen LogP contribution in [-0.2, 0) is 11.2 Å². The van der Waals surface area contributed by atoms with E-state index in [1.54, 1.807) is 24.2 Å². The zero-order valence-electron chi connectivity index (χ0n) is 12.8. The highest BCUT2D eigenvalue weighted by Gasteiger charge is 2.07. The summed E-state index contributed by atoms with van der Waals surface area (Å²) in [6.07, 6.45) is 5.55. The van der Waals surface area contributed by atoms with Gasteiger partial charge in [-0.15, -0.1) is 0 Å². The lowest BCUT2D eigenvalue weighted by molar-refractivity contribution is -0.124. The number of hydrogen-bond acceptors (Lipinski definition) is 4. The third-order valence-corrected chi connectivity index (χ3v) is 3.48. The van der Waals surface area contributed by atoms with Crippen LogP contribution < -0.4 is 0 Å². The summed E-state index contributed by atoms with van der Waals surface area (Å²) in [5.74, 6) is 0.334. The van der Waals surface area contributed by atoms with Gasteiger partial charge in [0.1, 0.15) is 5.52 Å². The quantitative estimate of drug-likeness (QED) is 0.680. The molecule has 1 aromatic carbocycles. The number of rotatable bonds is 5. The Balaban J connectivity index is 1.59. The van der Waals surface area contributed by atoms with Crippen molar-refractivity contribution >= 4 is 23.1 Å². The van der Waals surface area contributed by atoms with Gasteiger partial charge >= 0.3 is 0 Å². The third-order valence-electron chi connectivity index (χ3n) is 3.48. The maximum Gasteiger partial charge on any atom is 0.246 e. The van der Waals surface area contributed by atoms with Crippen LogP contribution in [0.5, 0.6) is 0 Å². The van der Waals surface area contributed by atoms with Crippen molar-refractivity contribution in [1.82, 2.24) is 14.9 Å². The first kappa shape index (κ1) is 15.0. The van der Waals surface area contributed by atoms with Gasteiger partial charge in [0.25, 0.3) is 0 Å². The summed E-state index contributed by atoms with van der Waals surface area (Å²) >= 11 is 0. The highest BCUT2D eigenvalue weighted by atomic mass is 16.3. The van der Waals surface area contributed by atoms with Crippen molar-refractivity contribution in [3.63, 3.8) is 0 Å². The molecule has 3 rings (SSSR count). The molecule has 0 aliphatic rings. The van der Waals surface area contributed by atoms with E-state index in [0.29, 0.717) is 18.0 Å². The summed E-state index contributed by atoms with van der Waals surface area (Å²) < 4.78 is 5.55. The molecule has 5 nitrogen and oxygen atoms in total. The van der Waals surface area contributed by atoms with Crippen molar-refractivity contribution in [3.05, 3.63) is 66.3 Å². The number of likely N-dealkylation sites (N-methyl/N-ethyl adjacent to an activating group) is 1. The van der Waals surface area contributed by atoms with Crippen LogP contribution in [0.4, 0.5) is 0 Å². The fourth-order valence-corrected chi connectivity index (χ4v) is 2.17. The first-order valence-corrected chi connectivity index (χ1v) is 7.41. The van der Waals surface area contributed by atoms with E-state index < -0.39 is 0 Å². The van der Waals surface area contributed by atoms with Crippen LogP contribution in [0.2, 0.25) is 0 Å². The standard InChI is InChI=1S/C18H17N3O2/c1-21(13-11-14-6-4-5-12-19-14)18(22)10-9-17-20-15-7-2-3-8-16(15)23-17/h2-10,12H,11,13H2,1H3/b10-9+. The van der Waals surface area contributed by atoms with Crippen LogP contribution in [0.1, 0.15) is 11.6 Å². The maximum atomic E-state index is 12.1. The number of para-hydroxylation sites is 2. The second-order valence-corrected chi connectivity index (χ2v) is 5.18. The summed E-state index contributed by atoms with van der Waals surface area (Å²) in [6, 6.07) is 13.3. The molecule has 1 amide bonds. The normalized spacial score (nSPS) is 11.2. The topological polar surface area (TPSA) is 59.2 Å². The Morgan fingerprint density at radius 1 is 1.22 bits per heavy atom. The summed E-state index contributed by atoms with van der Waals surface area (Å²) in [5.41, 5.74) is 2.46. The average Bonchev–Trinajstić information content (AvgIpc) is 3.01. The number of carbonyl (C=O) groups excluding carboxylic acids is 1. The molecule has 0 fully saturated rings. The molecule has 0 saturated heterocycles. The van der Waals surface area contributed by atoms with Crippen molar-refractivity contribution in [3.8, 4) is 0 Å². The molecule has 0 atom stereocenters. The average molecular weight is 307 g/mol. The molecule has 3 aromatic rings. The Morgan fingerprint density at radius 3 is 2.83 bits per heavy atom. The van der Waals surface area contributed by atoms with Gasteiger partial charge in [-0.05, 0) is 24.3 Å². The van der Waals surface area contributed by atoms with Gasteiger partial charge in [-0.2, -0.15) is 0 Å². The molecule has 0 unspecified atom stereocenters. The molecular formula is C18H17N3O2. The van der Waals surface area contributed by atoms with Gasteiger partial charge in [-0.3, -0.25) is 9.78 Å². The van der Waals surface area contributed by atoms with Crippen LogP contribution in [0.3, 0.4) is 0 Å². The predicted octanol–water partition coefficient (Wildman–Crippen LogP) is 2.94.